The first-order chi connectivity index (χ1) is 9.60. The van der Waals surface area contributed by atoms with Gasteiger partial charge in [0.25, 0.3) is 0 Å². The first-order valence-electron chi connectivity index (χ1n) is 8.29. The molecule has 0 bridgehead atoms. The van der Waals surface area contributed by atoms with Gasteiger partial charge in [0.1, 0.15) is 0 Å². The van der Waals surface area contributed by atoms with Crippen LogP contribution in [0, 0.1) is 35.0 Å². The van der Waals surface area contributed by atoms with Gasteiger partial charge in [0.05, 0.1) is 0 Å². The molecule has 4 rings (SSSR count). The highest BCUT2D eigenvalue weighted by molar-refractivity contribution is 9.09. The molecule has 0 aromatic carbocycles. The molecular formula is C19H25Br. The number of fused-ring (bicyclic) bond motifs is 2. The van der Waals surface area contributed by atoms with E-state index in [2.05, 4.69) is 60.2 Å². The Labute approximate surface area is 131 Å². The van der Waals surface area contributed by atoms with Crippen LogP contribution >= 0.6 is 15.9 Å². The van der Waals surface area contributed by atoms with Gasteiger partial charge in [-0.1, -0.05) is 65.7 Å². The van der Waals surface area contributed by atoms with Crippen molar-refractivity contribution in [2.24, 2.45) is 35.0 Å². The molecule has 2 fully saturated rings. The van der Waals surface area contributed by atoms with E-state index >= 15 is 0 Å². The Balaban J connectivity index is 1.82. The molecule has 108 valence electrons. The van der Waals surface area contributed by atoms with E-state index < -0.39 is 0 Å². The van der Waals surface area contributed by atoms with Crippen LogP contribution in [0.15, 0.2) is 36.0 Å². The van der Waals surface area contributed by atoms with Gasteiger partial charge in [-0.15, -0.1) is 0 Å². The minimum absolute atomic E-state index is 0.441. The van der Waals surface area contributed by atoms with Crippen LogP contribution < -0.4 is 0 Å². The van der Waals surface area contributed by atoms with Gasteiger partial charge < -0.3 is 0 Å². The molecule has 0 aromatic rings. The SMILES string of the molecule is CC1(C)C2C=CC=C3C(Br)CCC(C4C=CCCC41)C32. The van der Waals surface area contributed by atoms with Crippen molar-refractivity contribution in [1.82, 2.24) is 0 Å². The maximum atomic E-state index is 3.94. The Bertz CT molecular complexity index is 496. The summed E-state index contributed by atoms with van der Waals surface area (Å²) in [6, 6.07) is 0. The molecule has 0 radical (unpaired) electrons. The fourth-order valence-corrected chi connectivity index (χ4v) is 6.51. The van der Waals surface area contributed by atoms with Crippen molar-refractivity contribution in [2.45, 2.75) is 44.4 Å². The molecule has 0 heterocycles. The van der Waals surface area contributed by atoms with Crippen LogP contribution in [0.1, 0.15) is 39.5 Å². The minimum Gasteiger partial charge on any atom is -0.0882 e. The van der Waals surface area contributed by atoms with Gasteiger partial charge in [0, 0.05) is 4.83 Å². The highest BCUT2D eigenvalue weighted by atomic mass is 79.9. The Hall–Kier alpha value is -0.300. The van der Waals surface area contributed by atoms with E-state index in [1.807, 2.05) is 0 Å². The average Bonchev–Trinajstić information content (AvgIpc) is 2.46. The normalized spacial score (nSPS) is 48.2. The number of hydrogen-bond acceptors (Lipinski definition) is 0. The summed E-state index contributed by atoms with van der Waals surface area (Å²) in [5, 5.41) is 0. The van der Waals surface area contributed by atoms with E-state index in [9.17, 15) is 0 Å². The Kier molecular flexibility index (Phi) is 3.07. The van der Waals surface area contributed by atoms with Crippen molar-refractivity contribution in [3.8, 4) is 0 Å². The number of rotatable bonds is 0. The molecule has 6 unspecified atom stereocenters. The lowest BCUT2D eigenvalue weighted by atomic mass is 9.45. The summed E-state index contributed by atoms with van der Waals surface area (Å²) in [6.07, 6.45) is 17.8. The Morgan fingerprint density at radius 3 is 2.85 bits per heavy atom. The predicted octanol–water partition coefficient (Wildman–Crippen LogP) is 5.51. The third-order valence-corrected chi connectivity index (χ3v) is 7.72. The number of halogens is 1. The monoisotopic (exact) mass is 332 g/mol. The summed E-state index contributed by atoms with van der Waals surface area (Å²) in [5.41, 5.74) is 2.13. The topological polar surface area (TPSA) is 0 Å². The van der Waals surface area contributed by atoms with Crippen LogP contribution in [0.25, 0.3) is 0 Å². The van der Waals surface area contributed by atoms with Gasteiger partial charge in [0.15, 0.2) is 0 Å². The number of alkyl halides is 1. The molecule has 20 heavy (non-hydrogen) atoms. The first kappa shape index (κ1) is 13.4. The molecule has 4 aliphatic carbocycles. The summed E-state index contributed by atoms with van der Waals surface area (Å²) in [4.78, 5) is 0.621. The maximum Gasteiger partial charge on any atom is 0.0360 e. The lowest BCUT2D eigenvalue weighted by molar-refractivity contribution is -0.0409. The zero-order valence-corrected chi connectivity index (χ0v) is 14.1. The standard InChI is InChI=1S/C19H25Br/c1-19(2)15-8-4-3-6-12(15)13-10-11-17(20)14-7-5-9-16(19)18(13)14/h3,5-7,9,12-13,15-18H,4,8,10-11H2,1-2H3. The molecule has 0 aliphatic heterocycles. The van der Waals surface area contributed by atoms with Gasteiger partial charge in [-0.3, -0.25) is 0 Å². The van der Waals surface area contributed by atoms with Crippen molar-refractivity contribution >= 4 is 15.9 Å². The third-order valence-electron chi connectivity index (χ3n) is 6.73. The summed E-state index contributed by atoms with van der Waals surface area (Å²) in [6.45, 7) is 5.08. The van der Waals surface area contributed by atoms with Crippen molar-refractivity contribution in [3.63, 3.8) is 0 Å². The average molecular weight is 333 g/mol. The van der Waals surface area contributed by atoms with Gasteiger partial charge in [-0.05, 0) is 60.7 Å². The molecule has 0 saturated heterocycles. The lowest BCUT2D eigenvalue weighted by Gasteiger charge is -2.60. The molecule has 2 saturated carbocycles. The van der Waals surface area contributed by atoms with Gasteiger partial charge >= 0.3 is 0 Å². The van der Waals surface area contributed by atoms with E-state index in [-0.39, 0.29) is 0 Å². The first-order valence-corrected chi connectivity index (χ1v) is 9.21. The number of hydrogen-bond donors (Lipinski definition) is 0. The van der Waals surface area contributed by atoms with Crippen LogP contribution in [0.4, 0.5) is 0 Å². The van der Waals surface area contributed by atoms with Crippen LogP contribution in [0.3, 0.4) is 0 Å². The van der Waals surface area contributed by atoms with Crippen LogP contribution in [0.2, 0.25) is 0 Å². The van der Waals surface area contributed by atoms with Crippen LogP contribution in [-0.2, 0) is 0 Å². The summed E-state index contributed by atoms with van der Waals surface area (Å²) < 4.78 is 0. The molecule has 0 amide bonds. The largest absolute Gasteiger partial charge is 0.0882 e. The molecular weight excluding hydrogens is 308 g/mol. The van der Waals surface area contributed by atoms with E-state index in [1.54, 1.807) is 5.57 Å². The van der Waals surface area contributed by atoms with Gasteiger partial charge in [-0.2, -0.15) is 0 Å². The second-order valence-corrected chi connectivity index (χ2v) is 8.93. The maximum absolute atomic E-state index is 3.94. The molecule has 0 N–H and O–H groups in total. The van der Waals surface area contributed by atoms with E-state index in [1.165, 1.54) is 25.7 Å². The second-order valence-electron chi connectivity index (χ2n) is 7.82. The predicted molar refractivity (Wildman–Crippen MR) is 88.8 cm³/mol. The van der Waals surface area contributed by atoms with Crippen LogP contribution in [0.5, 0.6) is 0 Å². The fraction of sp³-hybridized carbons (Fsp3) is 0.684. The molecule has 0 nitrogen and oxygen atoms in total. The molecule has 1 heteroatoms. The zero-order chi connectivity index (χ0) is 13.9. The van der Waals surface area contributed by atoms with Gasteiger partial charge in [0.2, 0.25) is 0 Å². The highest BCUT2D eigenvalue weighted by Crippen LogP contribution is 2.62. The van der Waals surface area contributed by atoms with E-state index in [4.69, 9.17) is 0 Å². The quantitative estimate of drug-likeness (QED) is 0.405. The smallest absolute Gasteiger partial charge is 0.0360 e. The lowest BCUT2D eigenvalue weighted by Crippen LogP contribution is -2.54. The van der Waals surface area contributed by atoms with E-state index in [0.29, 0.717) is 10.2 Å². The zero-order valence-electron chi connectivity index (χ0n) is 12.6. The summed E-state index contributed by atoms with van der Waals surface area (Å²) in [7, 11) is 0. The van der Waals surface area contributed by atoms with Crippen molar-refractivity contribution in [3.05, 3.63) is 36.0 Å². The third kappa shape index (κ3) is 1.71. The van der Waals surface area contributed by atoms with Crippen molar-refractivity contribution < 1.29 is 0 Å². The minimum atomic E-state index is 0.441. The fourth-order valence-electron chi connectivity index (χ4n) is 5.79. The summed E-state index contributed by atoms with van der Waals surface area (Å²) >= 11 is 3.94. The molecule has 0 aromatic heterocycles. The highest BCUT2D eigenvalue weighted by Gasteiger charge is 2.55. The molecule has 6 atom stereocenters. The Morgan fingerprint density at radius 2 is 2.00 bits per heavy atom. The molecule has 0 spiro atoms. The van der Waals surface area contributed by atoms with Crippen LogP contribution in [-0.4, -0.2) is 4.83 Å². The second kappa shape index (κ2) is 4.60. The van der Waals surface area contributed by atoms with Gasteiger partial charge in [-0.25, -0.2) is 0 Å². The van der Waals surface area contributed by atoms with E-state index in [0.717, 1.165) is 29.6 Å². The van der Waals surface area contributed by atoms with Crippen molar-refractivity contribution in [1.29, 1.82) is 0 Å². The Morgan fingerprint density at radius 1 is 1.15 bits per heavy atom. The molecule has 4 aliphatic rings. The van der Waals surface area contributed by atoms with Crippen molar-refractivity contribution in [2.75, 3.05) is 0 Å². The summed E-state index contributed by atoms with van der Waals surface area (Å²) in [5.74, 6) is 4.14. The number of allylic oxidation sites excluding steroid dienone is 6.